The molecule has 1 fully saturated rings. The van der Waals surface area contributed by atoms with Gasteiger partial charge in [-0.2, -0.15) is 0 Å². The fourth-order valence-corrected chi connectivity index (χ4v) is 2.36. The van der Waals surface area contributed by atoms with Crippen LogP contribution in [0, 0.1) is 5.92 Å². The Balaban J connectivity index is 1.84. The van der Waals surface area contributed by atoms with Gasteiger partial charge in [0.1, 0.15) is 11.5 Å². The minimum Gasteiger partial charge on any atom is -0.497 e. The molecule has 1 aliphatic heterocycles. The highest BCUT2D eigenvalue weighted by Crippen LogP contribution is 2.23. The van der Waals surface area contributed by atoms with Crippen LogP contribution >= 0.6 is 0 Å². The van der Waals surface area contributed by atoms with Crippen LogP contribution in [-0.4, -0.2) is 33.9 Å². The largest absolute Gasteiger partial charge is 0.497 e. The van der Waals surface area contributed by atoms with E-state index in [1.807, 2.05) is 18.2 Å². The molecule has 0 bridgehead atoms. The van der Waals surface area contributed by atoms with Crippen molar-refractivity contribution in [3.63, 3.8) is 0 Å². The molecule has 1 unspecified atom stereocenters. The Morgan fingerprint density at radius 1 is 1.16 bits per heavy atom. The summed E-state index contributed by atoms with van der Waals surface area (Å²) in [4.78, 5) is 0. The van der Waals surface area contributed by atoms with E-state index in [-0.39, 0.29) is 0 Å². The van der Waals surface area contributed by atoms with Gasteiger partial charge in [-0.15, -0.1) is 0 Å². The molecule has 1 N–H and O–H groups in total. The summed E-state index contributed by atoms with van der Waals surface area (Å²) in [6.45, 7) is 3.63. The number of benzene rings is 1. The summed E-state index contributed by atoms with van der Waals surface area (Å²) in [5.41, 5.74) is 1.08. The number of hydrogen-bond acceptors (Lipinski definition) is 4. The number of nitrogens with one attached hydrogen (secondary N) is 1. The lowest BCUT2D eigenvalue weighted by Crippen LogP contribution is -2.32. The zero-order valence-corrected chi connectivity index (χ0v) is 11.8. The van der Waals surface area contributed by atoms with Gasteiger partial charge in [-0.1, -0.05) is 0 Å². The van der Waals surface area contributed by atoms with Gasteiger partial charge in [-0.25, -0.2) is 0 Å². The van der Waals surface area contributed by atoms with Crippen molar-refractivity contribution in [3.05, 3.63) is 23.8 Å². The highest BCUT2D eigenvalue weighted by atomic mass is 16.5. The van der Waals surface area contributed by atoms with Gasteiger partial charge in [0.25, 0.3) is 0 Å². The molecule has 0 aliphatic carbocycles. The average Bonchev–Trinajstić information content (AvgIpc) is 2.48. The first-order valence-electron chi connectivity index (χ1n) is 6.82. The molecular weight excluding hydrogens is 242 g/mol. The van der Waals surface area contributed by atoms with Crippen LogP contribution in [0.5, 0.6) is 11.5 Å². The average molecular weight is 265 g/mol. The third kappa shape index (κ3) is 4.40. The molecule has 106 valence electrons. The molecule has 1 saturated heterocycles. The van der Waals surface area contributed by atoms with E-state index < -0.39 is 0 Å². The predicted octanol–water partition coefficient (Wildman–Crippen LogP) is 2.22. The highest BCUT2D eigenvalue weighted by Gasteiger charge is 2.13. The first-order valence-corrected chi connectivity index (χ1v) is 6.82. The first-order chi connectivity index (χ1) is 9.31. The summed E-state index contributed by atoms with van der Waals surface area (Å²) in [5, 5.41) is 3.40. The Labute approximate surface area is 115 Å². The predicted molar refractivity (Wildman–Crippen MR) is 74.8 cm³/mol. The van der Waals surface area contributed by atoms with Gasteiger partial charge < -0.3 is 19.5 Å². The number of hydrogen-bond donors (Lipinski definition) is 1. The van der Waals surface area contributed by atoms with Crippen LogP contribution in [0.2, 0.25) is 0 Å². The third-order valence-corrected chi connectivity index (χ3v) is 3.43. The molecule has 0 saturated carbocycles. The van der Waals surface area contributed by atoms with Crippen molar-refractivity contribution >= 4 is 0 Å². The van der Waals surface area contributed by atoms with E-state index in [2.05, 4.69) is 5.32 Å². The fraction of sp³-hybridized carbons (Fsp3) is 0.600. The smallest absolute Gasteiger partial charge is 0.122 e. The normalized spacial score (nSPS) is 19.2. The lowest BCUT2D eigenvalue weighted by Gasteiger charge is -2.22. The number of methoxy groups -OCH3 is 2. The summed E-state index contributed by atoms with van der Waals surface area (Å²) in [6.07, 6.45) is 2.51. The van der Waals surface area contributed by atoms with Crippen molar-refractivity contribution < 1.29 is 14.2 Å². The van der Waals surface area contributed by atoms with Crippen molar-refractivity contribution in [2.75, 3.05) is 33.9 Å². The van der Waals surface area contributed by atoms with E-state index in [1.54, 1.807) is 14.2 Å². The van der Waals surface area contributed by atoms with E-state index in [9.17, 15) is 0 Å². The Bertz CT molecular complexity index is 367. The van der Waals surface area contributed by atoms with Crippen LogP contribution in [0.15, 0.2) is 18.2 Å². The van der Waals surface area contributed by atoms with Gasteiger partial charge in [-0.3, -0.25) is 0 Å². The minimum absolute atomic E-state index is 0.601. The van der Waals surface area contributed by atoms with Crippen molar-refractivity contribution in [3.8, 4) is 11.5 Å². The highest BCUT2D eigenvalue weighted by molar-refractivity contribution is 5.38. The van der Waals surface area contributed by atoms with E-state index in [4.69, 9.17) is 14.2 Å². The van der Waals surface area contributed by atoms with Crippen molar-refractivity contribution in [2.45, 2.75) is 19.4 Å². The minimum atomic E-state index is 0.601. The fourth-order valence-electron chi connectivity index (χ4n) is 2.36. The van der Waals surface area contributed by atoms with Gasteiger partial charge in [0, 0.05) is 12.6 Å². The Kier molecular flexibility index (Phi) is 5.48. The van der Waals surface area contributed by atoms with Crippen LogP contribution in [0.4, 0.5) is 0 Å². The summed E-state index contributed by atoms with van der Waals surface area (Å²) >= 11 is 0. The van der Waals surface area contributed by atoms with Crippen LogP contribution in [0.1, 0.15) is 18.4 Å². The van der Waals surface area contributed by atoms with E-state index in [0.29, 0.717) is 12.5 Å². The van der Waals surface area contributed by atoms with Crippen molar-refractivity contribution in [2.24, 2.45) is 5.92 Å². The van der Waals surface area contributed by atoms with Crippen LogP contribution in [-0.2, 0) is 11.3 Å². The Morgan fingerprint density at radius 2 is 1.89 bits per heavy atom. The van der Waals surface area contributed by atoms with Crippen LogP contribution in [0.3, 0.4) is 0 Å². The van der Waals surface area contributed by atoms with Crippen molar-refractivity contribution in [1.82, 2.24) is 5.32 Å². The molecule has 4 nitrogen and oxygen atoms in total. The maximum atomic E-state index is 5.81. The number of ether oxygens (including phenoxy) is 3. The van der Waals surface area contributed by atoms with E-state index in [0.717, 1.165) is 36.8 Å². The molecule has 1 atom stereocenters. The monoisotopic (exact) mass is 265 g/mol. The SMILES string of the molecule is COc1cc(COCC2CCCNC2)cc(OC)c1. The van der Waals surface area contributed by atoms with Gasteiger partial charge in [0.05, 0.1) is 27.4 Å². The maximum Gasteiger partial charge on any atom is 0.122 e. The topological polar surface area (TPSA) is 39.7 Å². The lowest BCUT2D eigenvalue weighted by atomic mass is 10.0. The zero-order valence-electron chi connectivity index (χ0n) is 11.8. The molecule has 4 heteroatoms. The maximum absolute atomic E-state index is 5.81. The standard InChI is InChI=1S/C15H23NO3/c1-17-14-6-13(7-15(8-14)18-2)11-19-10-12-4-3-5-16-9-12/h6-8,12,16H,3-5,9-11H2,1-2H3. The second-order valence-electron chi connectivity index (χ2n) is 4.95. The van der Waals surface area contributed by atoms with Gasteiger partial charge in [-0.05, 0) is 43.0 Å². The second-order valence-corrected chi connectivity index (χ2v) is 4.95. The summed E-state index contributed by atoms with van der Waals surface area (Å²) < 4.78 is 16.3. The molecule has 0 amide bonds. The quantitative estimate of drug-likeness (QED) is 0.856. The molecule has 19 heavy (non-hydrogen) atoms. The van der Waals surface area contributed by atoms with Crippen LogP contribution < -0.4 is 14.8 Å². The van der Waals surface area contributed by atoms with Crippen molar-refractivity contribution in [1.29, 1.82) is 0 Å². The molecule has 0 radical (unpaired) electrons. The molecule has 0 spiro atoms. The van der Waals surface area contributed by atoms with Gasteiger partial charge in [0.15, 0.2) is 0 Å². The van der Waals surface area contributed by atoms with E-state index >= 15 is 0 Å². The Morgan fingerprint density at radius 3 is 2.47 bits per heavy atom. The zero-order chi connectivity index (χ0) is 13.5. The second kappa shape index (κ2) is 7.36. The molecule has 1 heterocycles. The van der Waals surface area contributed by atoms with Gasteiger partial charge in [0.2, 0.25) is 0 Å². The molecule has 2 rings (SSSR count). The van der Waals surface area contributed by atoms with Gasteiger partial charge >= 0.3 is 0 Å². The number of piperidine rings is 1. The van der Waals surface area contributed by atoms with E-state index in [1.165, 1.54) is 12.8 Å². The lowest BCUT2D eigenvalue weighted by molar-refractivity contribution is 0.0781. The summed E-state index contributed by atoms with van der Waals surface area (Å²) in [7, 11) is 3.32. The molecule has 0 aromatic heterocycles. The molecule has 1 aliphatic rings. The van der Waals surface area contributed by atoms with Crippen LogP contribution in [0.25, 0.3) is 0 Å². The molecule has 1 aromatic carbocycles. The molecule has 1 aromatic rings. The Hall–Kier alpha value is -1.26. The molecular formula is C15H23NO3. The third-order valence-electron chi connectivity index (χ3n) is 3.43. The summed E-state index contributed by atoms with van der Waals surface area (Å²) in [6, 6.07) is 5.85. The first kappa shape index (κ1) is 14.2. The number of rotatable bonds is 6. The summed E-state index contributed by atoms with van der Waals surface area (Å²) in [5.74, 6) is 2.25.